The summed E-state index contributed by atoms with van der Waals surface area (Å²) in [6.07, 6.45) is 1.88. The van der Waals surface area contributed by atoms with Crippen LogP contribution in [0.25, 0.3) is 0 Å². The summed E-state index contributed by atoms with van der Waals surface area (Å²) in [5.74, 6) is 2.00. The Hall–Kier alpha value is -2.79. The number of benzene rings is 3. The van der Waals surface area contributed by atoms with Gasteiger partial charge < -0.3 is 9.47 Å². The molecule has 3 aromatic rings. The van der Waals surface area contributed by atoms with E-state index in [1.807, 2.05) is 50.2 Å². The van der Waals surface area contributed by atoms with Crippen LogP contribution >= 0.6 is 0 Å². The van der Waals surface area contributed by atoms with Crippen molar-refractivity contribution in [3.05, 3.63) is 78.4 Å². The van der Waals surface area contributed by atoms with Crippen molar-refractivity contribution < 1.29 is 17.9 Å². The van der Waals surface area contributed by atoms with E-state index in [1.54, 1.807) is 36.4 Å². The molecule has 0 spiro atoms. The van der Waals surface area contributed by atoms with Crippen LogP contribution in [0.3, 0.4) is 0 Å². The molecule has 0 amide bonds. The highest BCUT2D eigenvalue weighted by atomic mass is 32.2. The second kappa shape index (κ2) is 9.60. The number of hydrogen-bond donors (Lipinski definition) is 0. The molecule has 0 atom stereocenters. The maximum Gasteiger partial charge on any atom is 0.206 e. The van der Waals surface area contributed by atoms with Gasteiger partial charge in [0.15, 0.2) is 0 Å². The van der Waals surface area contributed by atoms with Gasteiger partial charge in [-0.05, 0) is 98.3 Å². The quantitative estimate of drug-likeness (QED) is 0.326. The maximum absolute atomic E-state index is 13.1. The molecule has 0 fully saturated rings. The summed E-state index contributed by atoms with van der Waals surface area (Å²) in [7, 11) is -3.60. The average Bonchev–Trinajstić information content (AvgIpc) is 2.80. The Morgan fingerprint density at radius 1 is 0.636 bits per heavy atom. The van der Waals surface area contributed by atoms with Gasteiger partial charge in [0.05, 0.1) is 9.79 Å². The summed E-state index contributed by atoms with van der Waals surface area (Å²) in [5, 5.41) is 0. The van der Waals surface area contributed by atoms with Crippen molar-refractivity contribution in [3.8, 4) is 17.2 Å². The number of ether oxygens (including phenoxy) is 2. The first kappa shape index (κ1) is 24.8. The monoisotopic (exact) mass is 466 g/mol. The van der Waals surface area contributed by atoms with Crippen molar-refractivity contribution in [2.24, 2.45) is 0 Å². The second-order valence-electron chi connectivity index (χ2n) is 9.53. The molecule has 0 saturated heterocycles. The van der Waals surface area contributed by atoms with Crippen LogP contribution in [-0.4, -0.2) is 14.0 Å². The highest BCUT2D eigenvalue weighted by Crippen LogP contribution is 2.31. The van der Waals surface area contributed by atoms with Gasteiger partial charge in [0, 0.05) is 0 Å². The van der Waals surface area contributed by atoms with Gasteiger partial charge in [-0.1, -0.05) is 39.8 Å². The zero-order chi connectivity index (χ0) is 24.3. The molecular weight excluding hydrogens is 432 g/mol. The predicted octanol–water partition coefficient (Wildman–Crippen LogP) is 7.57. The highest BCUT2D eigenvalue weighted by molar-refractivity contribution is 7.91. The molecule has 0 heterocycles. The Bertz CT molecular complexity index is 1160. The molecule has 0 aliphatic rings. The molecule has 33 heavy (non-hydrogen) atoms. The zero-order valence-corrected chi connectivity index (χ0v) is 21.2. The van der Waals surface area contributed by atoms with Gasteiger partial charge in [-0.3, -0.25) is 0 Å². The van der Waals surface area contributed by atoms with Crippen LogP contribution in [0.15, 0.2) is 82.6 Å². The smallest absolute Gasteiger partial charge is 0.206 e. The average molecular weight is 467 g/mol. The fraction of sp³-hybridized carbons (Fsp3) is 0.357. The molecule has 0 unspecified atom stereocenters. The van der Waals surface area contributed by atoms with E-state index in [0.29, 0.717) is 11.5 Å². The first-order valence-electron chi connectivity index (χ1n) is 11.4. The van der Waals surface area contributed by atoms with E-state index in [-0.39, 0.29) is 20.8 Å². The van der Waals surface area contributed by atoms with Gasteiger partial charge in [-0.15, -0.1) is 0 Å². The lowest BCUT2D eigenvalue weighted by Crippen LogP contribution is -2.26. The third kappa shape index (κ3) is 5.97. The second-order valence-corrected chi connectivity index (χ2v) is 11.5. The SMILES string of the molecule is CCC(C)(C)Oc1ccc(Oc2ccc(S(=O)(=O)c3ccc(C(C)(C)CC)cc3)cc2)cc1. The summed E-state index contributed by atoms with van der Waals surface area (Å²) >= 11 is 0. The molecule has 0 aliphatic carbocycles. The van der Waals surface area contributed by atoms with Crippen molar-refractivity contribution in [2.45, 2.75) is 75.2 Å². The van der Waals surface area contributed by atoms with Crippen molar-refractivity contribution in [1.82, 2.24) is 0 Å². The van der Waals surface area contributed by atoms with Crippen LogP contribution in [-0.2, 0) is 15.3 Å². The molecule has 3 rings (SSSR count). The molecule has 0 aliphatic heterocycles. The predicted molar refractivity (Wildman–Crippen MR) is 133 cm³/mol. The lowest BCUT2D eigenvalue weighted by Gasteiger charge is -2.24. The molecule has 0 N–H and O–H groups in total. The molecular formula is C28H34O4S. The van der Waals surface area contributed by atoms with Crippen LogP contribution < -0.4 is 9.47 Å². The number of rotatable bonds is 9. The minimum absolute atomic E-state index is 0.0117. The normalized spacial score (nSPS) is 12.4. The van der Waals surface area contributed by atoms with E-state index in [0.717, 1.165) is 24.2 Å². The Morgan fingerprint density at radius 2 is 1.06 bits per heavy atom. The largest absolute Gasteiger partial charge is 0.488 e. The minimum Gasteiger partial charge on any atom is -0.488 e. The molecule has 0 aromatic heterocycles. The van der Waals surface area contributed by atoms with Gasteiger partial charge in [0.2, 0.25) is 9.84 Å². The number of hydrogen-bond acceptors (Lipinski definition) is 4. The van der Waals surface area contributed by atoms with E-state index >= 15 is 0 Å². The van der Waals surface area contributed by atoms with Crippen molar-refractivity contribution in [1.29, 1.82) is 0 Å². The Kier molecular flexibility index (Phi) is 7.23. The standard InChI is InChI=1S/C28H34O4S/c1-7-27(3,4)21-9-17-25(18-10-21)33(29,30)26-19-15-23(16-20-26)31-22-11-13-24(14-12-22)32-28(5,6)8-2/h9-20H,7-8H2,1-6H3. The van der Waals surface area contributed by atoms with Gasteiger partial charge in [0.25, 0.3) is 0 Å². The lowest BCUT2D eigenvalue weighted by molar-refractivity contribution is 0.105. The van der Waals surface area contributed by atoms with Crippen LogP contribution in [0.2, 0.25) is 0 Å². The zero-order valence-electron chi connectivity index (χ0n) is 20.4. The van der Waals surface area contributed by atoms with E-state index in [9.17, 15) is 8.42 Å². The van der Waals surface area contributed by atoms with E-state index in [4.69, 9.17) is 9.47 Å². The Labute approximate surface area is 198 Å². The Morgan fingerprint density at radius 3 is 1.52 bits per heavy atom. The van der Waals surface area contributed by atoms with Crippen LogP contribution in [0, 0.1) is 0 Å². The molecule has 176 valence electrons. The third-order valence-electron chi connectivity index (χ3n) is 6.27. The summed E-state index contributed by atoms with van der Waals surface area (Å²) in [5.41, 5.74) is 0.913. The van der Waals surface area contributed by atoms with Gasteiger partial charge in [0.1, 0.15) is 22.8 Å². The first-order chi connectivity index (χ1) is 15.5. The van der Waals surface area contributed by atoms with Gasteiger partial charge in [-0.25, -0.2) is 8.42 Å². The summed E-state index contributed by atoms with van der Waals surface area (Å²) < 4.78 is 38.0. The fourth-order valence-corrected chi connectivity index (χ4v) is 4.48. The van der Waals surface area contributed by atoms with Gasteiger partial charge in [-0.2, -0.15) is 0 Å². The molecule has 5 heteroatoms. The molecule has 0 radical (unpaired) electrons. The van der Waals surface area contributed by atoms with E-state index in [2.05, 4.69) is 27.7 Å². The van der Waals surface area contributed by atoms with Crippen molar-refractivity contribution in [3.63, 3.8) is 0 Å². The topological polar surface area (TPSA) is 52.6 Å². The maximum atomic E-state index is 13.1. The fourth-order valence-electron chi connectivity index (χ4n) is 3.22. The third-order valence-corrected chi connectivity index (χ3v) is 8.05. The van der Waals surface area contributed by atoms with E-state index in [1.165, 1.54) is 0 Å². The Balaban J connectivity index is 1.72. The first-order valence-corrected chi connectivity index (χ1v) is 12.9. The molecule has 4 nitrogen and oxygen atoms in total. The van der Waals surface area contributed by atoms with Crippen molar-refractivity contribution >= 4 is 9.84 Å². The highest BCUT2D eigenvalue weighted by Gasteiger charge is 2.21. The minimum atomic E-state index is -3.60. The molecule has 0 saturated carbocycles. The van der Waals surface area contributed by atoms with Crippen LogP contribution in [0.1, 0.15) is 59.9 Å². The van der Waals surface area contributed by atoms with Crippen LogP contribution in [0.4, 0.5) is 0 Å². The van der Waals surface area contributed by atoms with Gasteiger partial charge >= 0.3 is 0 Å². The molecule has 3 aromatic carbocycles. The summed E-state index contributed by atoms with van der Waals surface area (Å²) in [4.78, 5) is 0.528. The summed E-state index contributed by atoms with van der Waals surface area (Å²) in [6.45, 7) is 12.6. The van der Waals surface area contributed by atoms with Crippen molar-refractivity contribution in [2.75, 3.05) is 0 Å². The van der Waals surface area contributed by atoms with E-state index < -0.39 is 9.84 Å². The number of sulfone groups is 1. The lowest BCUT2D eigenvalue weighted by atomic mass is 9.82. The summed E-state index contributed by atoms with van der Waals surface area (Å²) in [6, 6.07) is 21.1. The van der Waals surface area contributed by atoms with Crippen LogP contribution in [0.5, 0.6) is 17.2 Å². The molecule has 0 bridgehead atoms.